The average molecular weight is 579 g/mol. The lowest BCUT2D eigenvalue weighted by atomic mass is 10.8. The molecule has 0 aromatic heterocycles. The van der Waals surface area contributed by atoms with Gasteiger partial charge in [0.05, 0.1) is 39.6 Å². The molecule has 0 aliphatic rings. The largest absolute Gasteiger partial charge is 0.395 e. The molecule has 0 amide bonds. The molecule has 34 heavy (non-hydrogen) atoms. The number of rotatable bonds is 6. The maximum atomic E-state index is 9.05. The Bertz CT molecular complexity index is 374. The van der Waals surface area contributed by atoms with E-state index in [0.717, 1.165) is 0 Å². The monoisotopic (exact) mass is 578 g/mol. The van der Waals surface area contributed by atoms with Gasteiger partial charge in [-0.2, -0.15) is 16.8 Å². The predicted octanol–water partition coefficient (Wildman–Crippen LogP) is -7.31. The Labute approximate surface area is 205 Å². The lowest BCUT2D eigenvalue weighted by Gasteiger charge is -1.71. The van der Waals surface area contributed by atoms with Gasteiger partial charge in [0.15, 0.2) is 0 Å². The van der Waals surface area contributed by atoms with Crippen molar-refractivity contribution in [3.63, 3.8) is 0 Å². The van der Waals surface area contributed by atoms with Gasteiger partial charge in [-0.3, -0.25) is 13.7 Å². The molecule has 19 nitrogen and oxygen atoms in total. The first-order valence-electron chi connectivity index (χ1n) is 8.74. The molecule has 21 N–H and O–H groups in total. The first-order valence-corrected chi connectivity index (χ1v) is 12.6. The fourth-order valence-electron chi connectivity index (χ4n) is 0. The van der Waals surface area contributed by atoms with Crippen LogP contribution in [0.25, 0.3) is 0 Å². The molecule has 0 saturated carbocycles. The molecule has 0 radical (unpaired) electrons. The highest BCUT2D eigenvalue weighted by molar-refractivity contribution is 8.61. The normalized spacial score (nSPS) is 8.71. The van der Waals surface area contributed by atoms with Gasteiger partial charge >= 0.3 is 19.5 Å². The van der Waals surface area contributed by atoms with Crippen molar-refractivity contribution in [1.82, 2.24) is 0 Å². The Morgan fingerprint density at radius 2 is 0.471 bits per heavy atom. The lowest BCUT2D eigenvalue weighted by Crippen LogP contribution is -2.02. The molecule has 0 aromatic rings. The fourth-order valence-corrected chi connectivity index (χ4v) is 0. The van der Waals surface area contributed by atoms with Crippen molar-refractivity contribution in [2.45, 2.75) is 0 Å². The van der Waals surface area contributed by atoms with Crippen molar-refractivity contribution < 1.29 is 61.1 Å². The smallest absolute Gasteiger partial charge is 0.394 e. The fraction of sp³-hybridized carbons (Fsp3) is 1.00. The highest BCUT2D eigenvalue weighted by Gasteiger charge is 1.84. The quantitative estimate of drug-likeness (QED) is 0.0789. The molecule has 220 valence electrons. The number of aliphatic hydroxyl groups excluding tert-OH is 6. The standard InChI is InChI=1S/6C2H7NO.H2O4S.H2O3S2/c6*3-1-2-4;2*1-5(2,3)4/h6*4H,1-3H2;2*(H2,1,2,3,4). The van der Waals surface area contributed by atoms with E-state index in [9.17, 15) is 0 Å². The van der Waals surface area contributed by atoms with E-state index < -0.39 is 19.5 Å². The molecule has 0 fully saturated rings. The van der Waals surface area contributed by atoms with Crippen molar-refractivity contribution in [1.29, 1.82) is 0 Å². The first kappa shape index (κ1) is 54.5. The van der Waals surface area contributed by atoms with Gasteiger partial charge in [0.25, 0.3) is 0 Å². The summed E-state index contributed by atoms with van der Waals surface area (Å²) in [5, 5.41) is 46.5. The minimum atomic E-state index is -4.67. The molecule has 0 atom stereocenters. The van der Waals surface area contributed by atoms with Crippen molar-refractivity contribution >= 4 is 31.2 Å². The summed E-state index contributed by atoms with van der Waals surface area (Å²) in [7, 11) is -8.64. The summed E-state index contributed by atoms with van der Waals surface area (Å²) in [4.78, 5) is 0. The third kappa shape index (κ3) is 931. The first-order chi connectivity index (χ1) is 15.5. The van der Waals surface area contributed by atoms with Crippen LogP contribution in [-0.4, -0.2) is 140 Å². The number of nitrogens with two attached hydrogens (primary N) is 6. The molecule has 0 spiro atoms. The Balaban J connectivity index is -0.0000000380. The number of thiol groups is 1. The van der Waals surface area contributed by atoms with Crippen LogP contribution in [0.2, 0.25) is 0 Å². The van der Waals surface area contributed by atoms with E-state index in [-0.39, 0.29) is 39.6 Å². The second-order valence-corrected chi connectivity index (χ2v) is 7.15. The summed E-state index contributed by atoms with van der Waals surface area (Å²) in [6, 6.07) is 0. The van der Waals surface area contributed by atoms with Crippen LogP contribution in [0.15, 0.2) is 0 Å². The van der Waals surface area contributed by atoms with E-state index in [0.29, 0.717) is 39.3 Å². The third-order valence-electron chi connectivity index (χ3n) is 0.775. The van der Waals surface area contributed by atoms with Gasteiger partial charge in [-0.05, 0) is 11.7 Å². The van der Waals surface area contributed by atoms with Gasteiger partial charge in [-0.1, -0.05) is 0 Å². The average Bonchev–Trinajstić information content (AvgIpc) is 2.77. The van der Waals surface area contributed by atoms with Gasteiger partial charge < -0.3 is 65.0 Å². The van der Waals surface area contributed by atoms with Crippen LogP contribution < -0.4 is 34.4 Å². The molecular weight excluding hydrogens is 532 g/mol. The van der Waals surface area contributed by atoms with Crippen molar-refractivity contribution in [2.24, 2.45) is 34.4 Å². The van der Waals surface area contributed by atoms with E-state index in [1.54, 1.807) is 0 Å². The van der Waals surface area contributed by atoms with E-state index in [2.05, 4.69) is 11.7 Å². The van der Waals surface area contributed by atoms with Gasteiger partial charge in [0.2, 0.25) is 0 Å². The summed E-state index contributed by atoms with van der Waals surface area (Å²) in [6.07, 6.45) is 0. The van der Waals surface area contributed by atoms with Crippen molar-refractivity contribution in [3.05, 3.63) is 0 Å². The SMILES string of the molecule is NCCO.NCCO.NCCO.NCCO.NCCO.NCCO.O=S(=O)(O)O.O=S(=O)(O)S. The number of hydrogen-bond acceptors (Lipinski definition) is 16. The summed E-state index contributed by atoms with van der Waals surface area (Å²) >= 11 is 2.65. The van der Waals surface area contributed by atoms with Gasteiger partial charge in [0.1, 0.15) is 0 Å². The van der Waals surface area contributed by atoms with Crippen molar-refractivity contribution in [3.8, 4) is 0 Å². The predicted molar refractivity (Wildman–Crippen MR) is 132 cm³/mol. The molecule has 0 aromatic carbocycles. The molecule has 0 unspecified atom stereocenters. The molecule has 0 aliphatic heterocycles. The molecule has 0 heterocycles. The summed E-state index contributed by atoms with van der Waals surface area (Å²) in [5.41, 5.74) is 28.7. The molecule has 0 aliphatic carbocycles. The zero-order valence-electron chi connectivity index (χ0n) is 18.9. The molecule has 0 saturated heterocycles. The summed E-state index contributed by atoms with van der Waals surface area (Å²) < 4.78 is 57.0. The van der Waals surface area contributed by atoms with Crippen LogP contribution in [0.3, 0.4) is 0 Å². The summed E-state index contributed by atoms with van der Waals surface area (Å²) in [5.74, 6) is 0. The highest BCUT2D eigenvalue weighted by atomic mass is 33.1. The Hall–Kier alpha value is -0.350. The van der Waals surface area contributed by atoms with Gasteiger partial charge in [-0.15, -0.1) is 0 Å². The van der Waals surface area contributed by atoms with E-state index in [1.165, 1.54) is 0 Å². The van der Waals surface area contributed by atoms with Gasteiger partial charge in [0, 0.05) is 39.3 Å². The zero-order chi connectivity index (χ0) is 29.5. The maximum Gasteiger partial charge on any atom is 0.394 e. The second kappa shape index (κ2) is 58.5. The topological polar surface area (TPSA) is 406 Å². The van der Waals surface area contributed by atoms with Crippen LogP contribution in [0, 0.1) is 0 Å². The van der Waals surface area contributed by atoms with Crippen LogP contribution in [0.5, 0.6) is 0 Å². The Kier molecular flexibility index (Phi) is 93.8. The lowest BCUT2D eigenvalue weighted by molar-refractivity contribution is 0.306. The maximum absolute atomic E-state index is 9.05. The van der Waals surface area contributed by atoms with Crippen LogP contribution in [0.4, 0.5) is 0 Å². The summed E-state index contributed by atoms with van der Waals surface area (Å²) in [6.45, 7) is 2.83. The van der Waals surface area contributed by atoms with E-state index in [4.69, 9.17) is 95.5 Å². The van der Waals surface area contributed by atoms with Crippen molar-refractivity contribution in [2.75, 3.05) is 78.9 Å². The molecule has 22 heteroatoms. The molecule has 0 bridgehead atoms. The minimum Gasteiger partial charge on any atom is -0.395 e. The Morgan fingerprint density at radius 3 is 0.471 bits per heavy atom. The minimum absolute atomic E-state index is 0.0972. The molecular formula is C12H46N6O13S3. The van der Waals surface area contributed by atoms with E-state index >= 15 is 0 Å². The van der Waals surface area contributed by atoms with E-state index in [1.807, 2.05) is 0 Å². The van der Waals surface area contributed by atoms with Crippen LogP contribution in [-0.2, 0) is 19.5 Å². The Morgan fingerprint density at radius 1 is 0.441 bits per heavy atom. The zero-order valence-corrected chi connectivity index (χ0v) is 21.4. The van der Waals surface area contributed by atoms with Gasteiger partial charge in [-0.25, -0.2) is 0 Å². The molecule has 0 rings (SSSR count). The third-order valence-corrected chi connectivity index (χ3v) is 0.775. The van der Waals surface area contributed by atoms with Crippen LogP contribution >= 0.6 is 11.7 Å². The second-order valence-electron chi connectivity index (χ2n) is 3.97. The number of hydrogen-bond donors (Lipinski definition) is 16. The van der Waals surface area contributed by atoms with Crippen LogP contribution in [0.1, 0.15) is 0 Å². The number of aliphatic hydroxyl groups is 6. The highest BCUT2D eigenvalue weighted by Crippen LogP contribution is 1.81.